The van der Waals surface area contributed by atoms with Gasteiger partial charge in [0.15, 0.2) is 0 Å². The van der Waals surface area contributed by atoms with Crippen molar-refractivity contribution in [2.75, 3.05) is 6.54 Å². The van der Waals surface area contributed by atoms with E-state index in [1.54, 1.807) is 0 Å². The van der Waals surface area contributed by atoms with E-state index in [0.29, 0.717) is 11.8 Å². The minimum absolute atomic E-state index is 0.0475. The molecule has 0 radical (unpaired) electrons. The first-order valence-electron chi connectivity index (χ1n) is 8.09. The molecule has 2 rings (SSSR count). The number of nitrogens with one attached hydrogen (secondary N) is 1. The predicted octanol–water partition coefficient (Wildman–Crippen LogP) is 2.69. The van der Waals surface area contributed by atoms with Crippen LogP contribution in [0.25, 0.3) is 0 Å². The molecule has 3 atom stereocenters. The summed E-state index contributed by atoms with van der Waals surface area (Å²) >= 11 is 0. The Balaban J connectivity index is 1.74. The van der Waals surface area contributed by atoms with E-state index in [1.807, 2.05) is 0 Å². The number of carbonyl (C=O) groups is 1. The first kappa shape index (κ1) is 14.8. The smallest absolute Gasteiger partial charge is 0.224 e. The van der Waals surface area contributed by atoms with Gasteiger partial charge in [-0.15, -0.1) is 0 Å². The van der Waals surface area contributed by atoms with Gasteiger partial charge in [-0.1, -0.05) is 26.7 Å². The Morgan fingerprint density at radius 3 is 2.37 bits per heavy atom. The van der Waals surface area contributed by atoms with Crippen LogP contribution in [-0.4, -0.2) is 18.5 Å². The van der Waals surface area contributed by atoms with E-state index in [4.69, 9.17) is 5.73 Å². The van der Waals surface area contributed by atoms with Crippen molar-refractivity contribution in [3.05, 3.63) is 0 Å². The third kappa shape index (κ3) is 4.20. The highest BCUT2D eigenvalue weighted by atomic mass is 16.1. The summed E-state index contributed by atoms with van der Waals surface area (Å²) in [6, 6.07) is 0.0718. The molecule has 0 aliphatic heterocycles. The van der Waals surface area contributed by atoms with Crippen molar-refractivity contribution in [2.45, 2.75) is 64.8 Å². The van der Waals surface area contributed by atoms with Crippen molar-refractivity contribution in [2.24, 2.45) is 29.4 Å². The molecule has 0 aromatic carbocycles. The molecule has 19 heavy (non-hydrogen) atoms. The minimum atomic E-state index is 0.0475. The lowest BCUT2D eigenvalue weighted by Gasteiger charge is -2.32. The van der Waals surface area contributed by atoms with Crippen LogP contribution in [0.3, 0.4) is 0 Å². The first-order valence-corrected chi connectivity index (χ1v) is 8.09. The van der Waals surface area contributed by atoms with Crippen LogP contribution in [0.1, 0.15) is 58.8 Å². The Hall–Kier alpha value is -0.570. The fourth-order valence-corrected chi connectivity index (χ4v) is 3.62. The van der Waals surface area contributed by atoms with Gasteiger partial charge in [-0.25, -0.2) is 0 Å². The molecule has 0 saturated heterocycles. The van der Waals surface area contributed by atoms with Gasteiger partial charge in [0.2, 0.25) is 5.91 Å². The summed E-state index contributed by atoms with van der Waals surface area (Å²) in [6.45, 7) is 5.43. The maximum Gasteiger partial charge on any atom is 0.224 e. The number of carbonyl (C=O) groups excluding carboxylic acids is 1. The van der Waals surface area contributed by atoms with Crippen LogP contribution in [0.15, 0.2) is 0 Å². The molecule has 3 heteroatoms. The molecular formula is C16H30N2O. The molecule has 2 aliphatic rings. The minimum Gasteiger partial charge on any atom is -0.356 e. The molecule has 3 nitrogen and oxygen atoms in total. The van der Waals surface area contributed by atoms with E-state index < -0.39 is 0 Å². The summed E-state index contributed by atoms with van der Waals surface area (Å²) in [5.74, 6) is 2.46. The van der Waals surface area contributed by atoms with Gasteiger partial charge in [0.05, 0.1) is 5.92 Å². The lowest BCUT2D eigenvalue weighted by atomic mass is 9.78. The maximum atomic E-state index is 12.3. The van der Waals surface area contributed by atoms with Gasteiger partial charge in [0.25, 0.3) is 0 Å². The van der Waals surface area contributed by atoms with Crippen LogP contribution < -0.4 is 11.1 Å². The average Bonchev–Trinajstić information content (AvgIpc) is 2.40. The summed E-state index contributed by atoms with van der Waals surface area (Å²) < 4.78 is 0. The number of hydrogen-bond donors (Lipinski definition) is 2. The summed E-state index contributed by atoms with van der Waals surface area (Å²) in [6.07, 6.45) is 8.32. The second-order valence-electron chi connectivity index (χ2n) is 7.06. The Morgan fingerprint density at radius 1 is 1.05 bits per heavy atom. The summed E-state index contributed by atoms with van der Waals surface area (Å²) in [7, 11) is 0. The van der Waals surface area contributed by atoms with Crippen LogP contribution in [-0.2, 0) is 4.79 Å². The third-order valence-corrected chi connectivity index (χ3v) is 5.20. The molecular weight excluding hydrogens is 236 g/mol. The second kappa shape index (κ2) is 6.74. The van der Waals surface area contributed by atoms with E-state index in [9.17, 15) is 4.79 Å². The summed E-state index contributed by atoms with van der Waals surface area (Å²) in [4.78, 5) is 12.3. The Bertz CT molecular complexity index is 297. The van der Waals surface area contributed by atoms with Gasteiger partial charge < -0.3 is 11.1 Å². The molecule has 0 aromatic rings. The molecule has 1 amide bonds. The third-order valence-electron chi connectivity index (χ3n) is 5.20. The van der Waals surface area contributed by atoms with Crippen LogP contribution in [0.2, 0.25) is 0 Å². The quantitative estimate of drug-likeness (QED) is 0.825. The molecule has 0 spiro atoms. The number of nitrogens with two attached hydrogens (primary N) is 1. The molecule has 0 heterocycles. The van der Waals surface area contributed by atoms with E-state index in [1.165, 1.54) is 32.1 Å². The molecule has 2 fully saturated rings. The number of rotatable bonds is 3. The molecule has 0 bridgehead atoms. The summed E-state index contributed by atoms with van der Waals surface area (Å²) in [5.41, 5.74) is 6.11. The van der Waals surface area contributed by atoms with Crippen LogP contribution >= 0.6 is 0 Å². The zero-order chi connectivity index (χ0) is 13.8. The predicted molar refractivity (Wildman–Crippen MR) is 78.6 cm³/mol. The SMILES string of the molecule is CC1CCC(CNC(=O)C2CC(C)CCC2N)CC1. The fourth-order valence-electron chi connectivity index (χ4n) is 3.62. The molecule has 3 unspecified atom stereocenters. The highest BCUT2D eigenvalue weighted by Crippen LogP contribution is 2.29. The van der Waals surface area contributed by atoms with Crippen molar-refractivity contribution in [1.82, 2.24) is 5.32 Å². The van der Waals surface area contributed by atoms with Crippen LogP contribution in [0, 0.1) is 23.7 Å². The molecule has 110 valence electrons. The monoisotopic (exact) mass is 266 g/mol. The molecule has 0 aromatic heterocycles. The molecule has 2 saturated carbocycles. The Morgan fingerprint density at radius 2 is 1.68 bits per heavy atom. The van der Waals surface area contributed by atoms with Gasteiger partial charge in [-0.2, -0.15) is 0 Å². The van der Waals surface area contributed by atoms with Crippen molar-refractivity contribution < 1.29 is 4.79 Å². The van der Waals surface area contributed by atoms with Crippen molar-refractivity contribution in [3.63, 3.8) is 0 Å². The average molecular weight is 266 g/mol. The van der Waals surface area contributed by atoms with E-state index in [-0.39, 0.29) is 17.9 Å². The van der Waals surface area contributed by atoms with Gasteiger partial charge in [-0.3, -0.25) is 4.79 Å². The van der Waals surface area contributed by atoms with Crippen LogP contribution in [0.4, 0.5) is 0 Å². The maximum absolute atomic E-state index is 12.3. The number of hydrogen-bond acceptors (Lipinski definition) is 2. The lowest BCUT2D eigenvalue weighted by molar-refractivity contribution is -0.127. The largest absolute Gasteiger partial charge is 0.356 e. The van der Waals surface area contributed by atoms with Crippen molar-refractivity contribution in [1.29, 1.82) is 0 Å². The Kier molecular flexibility index (Phi) is 5.26. The molecule has 2 aliphatic carbocycles. The molecule has 3 N–H and O–H groups in total. The number of amides is 1. The highest BCUT2D eigenvalue weighted by Gasteiger charge is 2.31. The van der Waals surface area contributed by atoms with Crippen molar-refractivity contribution in [3.8, 4) is 0 Å². The zero-order valence-corrected chi connectivity index (χ0v) is 12.5. The van der Waals surface area contributed by atoms with Gasteiger partial charge >= 0.3 is 0 Å². The first-order chi connectivity index (χ1) is 9.06. The van der Waals surface area contributed by atoms with E-state index >= 15 is 0 Å². The standard InChI is InChI=1S/C16H30N2O/c1-11-3-6-13(7-4-11)10-18-16(19)14-9-12(2)5-8-15(14)17/h11-15H,3-10,17H2,1-2H3,(H,18,19). The van der Waals surface area contributed by atoms with E-state index in [0.717, 1.165) is 25.3 Å². The topological polar surface area (TPSA) is 55.1 Å². The van der Waals surface area contributed by atoms with Crippen molar-refractivity contribution >= 4 is 5.91 Å². The van der Waals surface area contributed by atoms with Gasteiger partial charge in [0.1, 0.15) is 0 Å². The Labute approximate surface area is 117 Å². The second-order valence-corrected chi connectivity index (χ2v) is 7.06. The normalized spacial score (nSPS) is 39.8. The highest BCUT2D eigenvalue weighted by molar-refractivity contribution is 5.79. The van der Waals surface area contributed by atoms with Gasteiger partial charge in [0, 0.05) is 12.6 Å². The fraction of sp³-hybridized carbons (Fsp3) is 0.938. The van der Waals surface area contributed by atoms with E-state index in [2.05, 4.69) is 19.2 Å². The summed E-state index contributed by atoms with van der Waals surface area (Å²) in [5, 5.41) is 3.17. The van der Waals surface area contributed by atoms with Crippen LogP contribution in [0.5, 0.6) is 0 Å². The van der Waals surface area contributed by atoms with Gasteiger partial charge in [-0.05, 0) is 49.9 Å². The zero-order valence-electron chi connectivity index (χ0n) is 12.5. The lowest BCUT2D eigenvalue weighted by Crippen LogP contribution is -2.46.